The second-order valence-electron chi connectivity index (χ2n) is 4.60. The van der Waals surface area contributed by atoms with Gasteiger partial charge in [-0.15, -0.1) is 0 Å². The molecule has 1 heterocycles. The predicted octanol–water partition coefficient (Wildman–Crippen LogP) is 1.64. The molecule has 7 heteroatoms. The van der Waals surface area contributed by atoms with E-state index in [-0.39, 0.29) is 5.91 Å². The highest BCUT2D eigenvalue weighted by atomic mass is 16.5. The second-order valence-corrected chi connectivity index (χ2v) is 4.60. The van der Waals surface area contributed by atoms with E-state index in [2.05, 4.69) is 5.10 Å². The minimum absolute atomic E-state index is 0.216. The Hall–Kier alpha value is -2.83. The van der Waals surface area contributed by atoms with E-state index in [0.717, 1.165) is 0 Å². The quantitative estimate of drug-likeness (QED) is 0.877. The molecule has 2 aromatic rings. The molecular weight excluding hydrogens is 286 g/mol. The first-order valence-electron chi connectivity index (χ1n) is 6.77. The number of aromatic nitrogens is 2. The lowest BCUT2D eigenvalue weighted by Crippen LogP contribution is -2.26. The third-order valence-corrected chi connectivity index (χ3v) is 3.07. The summed E-state index contributed by atoms with van der Waals surface area (Å²) >= 11 is 0. The van der Waals surface area contributed by atoms with Crippen LogP contribution >= 0.6 is 0 Å². The van der Waals surface area contributed by atoms with Crippen LogP contribution in [0.2, 0.25) is 0 Å². The van der Waals surface area contributed by atoms with E-state index in [1.165, 1.54) is 4.90 Å². The lowest BCUT2D eigenvalue weighted by molar-refractivity contribution is -0.139. The van der Waals surface area contributed by atoms with Crippen molar-refractivity contribution in [3.8, 4) is 5.75 Å². The molecule has 1 aromatic carbocycles. The number of rotatable bonds is 6. The average Bonchev–Trinajstić information content (AvgIpc) is 3.01. The van der Waals surface area contributed by atoms with E-state index >= 15 is 0 Å². The predicted molar refractivity (Wildman–Crippen MR) is 80.2 cm³/mol. The largest absolute Gasteiger partial charge is 0.482 e. The molecule has 7 nitrogen and oxygen atoms in total. The van der Waals surface area contributed by atoms with Gasteiger partial charge in [0.2, 0.25) is 0 Å². The molecule has 1 aromatic heterocycles. The zero-order chi connectivity index (χ0) is 16.1. The Morgan fingerprint density at radius 3 is 2.50 bits per heavy atom. The van der Waals surface area contributed by atoms with Crippen molar-refractivity contribution in [1.29, 1.82) is 0 Å². The van der Waals surface area contributed by atoms with Gasteiger partial charge in [0.25, 0.3) is 5.91 Å². The summed E-state index contributed by atoms with van der Waals surface area (Å²) in [6.45, 7) is 2.25. The smallest absolute Gasteiger partial charge is 0.341 e. The van der Waals surface area contributed by atoms with Crippen LogP contribution in [0.3, 0.4) is 0 Å². The number of hydrogen-bond acceptors (Lipinski definition) is 4. The van der Waals surface area contributed by atoms with Crippen LogP contribution < -0.4 is 9.64 Å². The molecule has 0 spiro atoms. The Morgan fingerprint density at radius 1 is 1.27 bits per heavy atom. The molecule has 116 valence electrons. The maximum Gasteiger partial charge on any atom is 0.341 e. The van der Waals surface area contributed by atoms with Crippen LogP contribution in [0.25, 0.3) is 0 Å². The summed E-state index contributed by atoms with van der Waals surface area (Å²) in [4.78, 5) is 24.2. The van der Waals surface area contributed by atoms with E-state index in [0.29, 0.717) is 23.7 Å². The number of hydrogen-bond donors (Lipinski definition) is 1. The van der Waals surface area contributed by atoms with Crippen LogP contribution in [-0.2, 0) is 11.3 Å². The van der Waals surface area contributed by atoms with Gasteiger partial charge in [-0.3, -0.25) is 9.48 Å². The van der Waals surface area contributed by atoms with Gasteiger partial charge < -0.3 is 14.7 Å². The first-order chi connectivity index (χ1) is 10.5. The molecule has 1 N–H and O–H groups in total. The van der Waals surface area contributed by atoms with E-state index in [1.54, 1.807) is 48.3 Å². The lowest BCUT2D eigenvalue weighted by atomic mass is 10.2. The number of benzene rings is 1. The summed E-state index contributed by atoms with van der Waals surface area (Å²) in [5.41, 5.74) is 1.04. The molecule has 0 fully saturated rings. The van der Waals surface area contributed by atoms with Crippen molar-refractivity contribution in [2.45, 2.75) is 13.5 Å². The van der Waals surface area contributed by atoms with Crippen LogP contribution in [0.4, 0.5) is 5.69 Å². The Bertz CT molecular complexity index is 664. The Labute approximate surface area is 127 Å². The number of carbonyl (C=O) groups is 2. The molecule has 22 heavy (non-hydrogen) atoms. The number of amides is 1. The summed E-state index contributed by atoms with van der Waals surface area (Å²) in [5.74, 6) is -0.823. The van der Waals surface area contributed by atoms with E-state index in [1.807, 2.05) is 6.92 Å². The van der Waals surface area contributed by atoms with Gasteiger partial charge in [-0.25, -0.2) is 4.79 Å². The summed E-state index contributed by atoms with van der Waals surface area (Å²) in [7, 11) is 1.65. The van der Waals surface area contributed by atoms with Gasteiger partial charge in [-0.05, 0) is 37.3 Å². The van der Waals surface area contributed by atoms with Crippen LogP contribution in [-0.4, -0.2) is 40.4 Å². The number of anilines is 1. The number of carbonyl (C=O) groups excluding carboxylic acids is 1. The topological polar surface area (TPSA) is 84.7 Å². The van der Waals surface area contributed by atoms with Crippen molar-refractivity contribution in [2.75, 3.05) is 18.6 Å². The monoisotopic (exact) mass is 303 g/mol. The molecule has 2 rings (SSSR count). The number of carboxylic acids is 1. The maximum atomic E-state index is 12.3. The molecule has 0 bridgehead atoms. The summed E-state index contributed by atoms with van der Waals surface area (Å²) < 4.78 is 6.73. The highest BCUT2D eigenvalue weighted by Crippen LogP contribution is 2.19. The number of ether oxygens (including phenoxy) is 1. The normalized spacial score (nSPS) is 10.3. The minimum atomic E-state index is -1.04. The van der Waals surface area contributed by atoms with Crippen LogP contribution in [0.15, 0.2) is 36.5 Å². The minimum Gasteiger partial charge on any atom is -0.482 e. The number of aliphatic carboxylic acids is 1. The molecule has 0 saturated carbocycles. The van der Waals surface area contributed by atoms with Crippen molar-refractivity contribution in [3.63, 3.8) is 0 Å². The molecule has 0 aliphatic heterocycles. The number of nitrogens with zero attached hydrogens (tertiary/aromatic N) is 3. The SMILES string of the molecule is CCn1ccc(C(=O)N(C)c2ccc(OCC(=O)O)cc2)n1. The van der Waals surface area contributed by atoms with E-state index < -0.39 is 12.6 Å². The molecular formula is C15H17N3O4. The van der Waals surface area contributed by atoms with Crippen molar-refractivity contribution in [3.05, 3.63) is 42.2 Å². The molecule has 0 atom stereocenters. The molecule has 0 aliphatic carbocycles. The molecule has 0 saturated heterocycles. The van der Waals surface area contributed by atoms with Gasteiger partial charge in [0.1, 0.15) is 5.75 Å². The van der Waals surface area contributed by atoms with Gasteiger partial charge in [0.05, 0.1) is 0 Å². The van der Waals surface area contributed by atoms with E-state index in [9.17, 15) is 9.59 Å². The molecule has 0 aliphatic rings. The van der Waals surface area contributed by atoms with Gasteiger partial charge in [-0.1, -0.05) is 0 Å². The van der Waals surface area contributed by atoms with Gasteiger partial charge >= 0.3 is 5.97 Å². The van der Waals surface area contributed by atoms with Gasteiger partial charge in [-0.2, -0.15) is 5.10 Å². The number of aryl methyl sites for hydroxylation is 1. The van der Waals surface area contributed by atoms with Crippen molar-refractivity contribution in [1.82, 2.24) is 9.78 Å². The van der Waals surface area contributed by atoms with Gasteiger partial charge in [0, 0.05) is 25.5 Å². The highest BCUT2D eigenvalue weighted by molar-refractivity contribution is 6.04. The third kappa shape index (κ3) is 3.63. The molecule has 1 amide bonds. The zero-order valence-corrected chi connectivity index (χ0v) is 12.4. The summed E-state index contributed by atoms with van der Waals surface area (Å²) in [6.07, 6.45) is 1.75. The zero-order valence-electron chi connectivity index (χ0n) is 12.4. The van der Waals surface area contributed by atoms with Crippen molar-refractivity contribution in [2.24, 2.45) is 0 Å². The Kier molecular flexibility index (Phi) is 4.77. The fraction of sp³-hybridized carbons (Fsp3) is 0.267. The number of carboxylic acid groups (broad SMARTS) is 1. The average molecular weight is 303 g/mol. The highest BCUT2D eigenvalue weighted by Gasteiger charge is 2.16. The summed E-state index contributed by atoms with van der Waals surface area (Å²) in [5, 5.41) is 12.7. The van der Waals surface area contributed by atoms with Crippen molar-refractivity contribution >= 4 is 17.6 Å². The maximum absolute atomic E-state index is 12.3. The van der Waals surface area contributed by atoms with Crippen LogP contribution in [0, 0.1) is 0 Å². The van der Waals surface area contributed by atoms with Crippen LogP contribution in [0.5, 0.6) is 5.75 Å². The first kappa shape index (κ1) is 15.6. The van der Waals surface area contributed by atoms with Crippen molar-refractivity contribution < 1.29 is 19.4 Å². The Morgan fingerprint density at radius 2 is 1.95 bits per heavy atom. The van der Waals surface area contributed by atoms with Gasteiger partial charge in [0.15, 0.2) is 12.3 Å². The standard InChI is InChI=1S/C15H17N3O4/c1-3-18-9-8-13(16-18)15(21)17(2)11-4-6-12(7-5-11)22-10-14(19)20/h4-9H,3,10H2,1-2H3,(H,19,20). The fourth-order valence-electron chi connectivity index (χ4n) is 1.85. The van der Waals surface area contributed by atoms with Crippen LogP contribution in [0.1, 0.15) is 17.4 Å². The molecule has 0 radical (unpaired) electrons. The summed E-state index contributed by atoms with van der Waals surface area (Å²) in [6, 6.07) is 8.28. The first-order valence-corrected chi connectivity index (χ1v) is 6.77. The molecule has 0 unspecified atom stereocenters. The van der Waals surface area contributed by atoms with E-state index in [4.69, 9.17) is 9.84 Å². The Balaban J connectivity index is 2.06. The lowest BCUT2D eigenvalue weighted by Gasteiger charge is -2.16. The second kappa shape index (κ2) is 6.75. The third-order valence-electron chi connectivity index (χ3n) is 3.07. The fourth-order valence-corrected chi connectivity index (χ4v) is 1.85.